The van der Waals surface area contributed by atoms with E-state index in [0.717, 1.165) is 35.6 Å². The van der Waals surface area contributed by atoms with Gasteiger partial charge in [-0.25, -0.2) is 0 Å². The van der Waals surface area contributed by atoms with Crippen LogP contribution in [-0.2, 0) is 4.79 Å². The van der Waals surface area contributed by atoms with Crippen LogP contribution in [0.4, 0.5) is 11.4 Å². The van der Waals surface area contributed by atoms with Crippen molar-refractivity contribution in [3.8, 4) is 0 Å². The van der Waals surface area contributed by atoms with Crippen LogP contribution in [-0.4, -0.2) is 42.9 Å². The van der Waals surface area contributed by atoms with Gasteiger partial charge < -0.3 is 15.1 Å². The molecule has 4 rings (SSSR count). The first kappa shape index (κ1) is 20.4. The number of nitrogens with zero attached hydrogens (tertiary/aromatic N) is 2. The minimum atomic E-state index is -0.162. The summed E-state index contributed by atoms with van der Waals surface area (Å²) < 4.78 is 0. The molecule has 0 atom stereocenters. The Kier molecular flexibility index (Phi) is 6.43. The van der Waals surface area contributed by atoms with Crippen LogP contribution in [0, 0.1) is 0 Å². The van der Waals surface area contributed by atoms with Crippen LogP contribution >= 0.6 is 0 Å². The maximum atomic E-state index is 12.6. The Labute approximate surface area is 182 Å². The largest absolute Gasteiger partial charge is 0.368 e. The molecule has 3 aromatic carbocycles. The number of nitrogens with one attached hydrogen (secondary N) is 1. The van der Waals surface area contributed by atoms with Crippen LogP contribution in [0.5, 0.6) is 0 Å². The molecule has 0 aliphatic carbocycles. The Bertz CT molecular complexity index is 1040. The van der Waals surface area contributed by atoms with Gasteiger partial charge in [0.15, 0.2) is 0 Å². The molecule has 5 heteroatoms. The van der Waals surface area contributed by atoms with E-state index in [1.54, 1.807) is 6.08 Å². The number of piperazine rings is 1. The molecule has 31 heavy (non-hydrogen) atoms. The smallest absolute Gasteiger partial charge is 0.253 e. The minimum absolute atomic E-state index is 0.0851. The summed E-state index contributed by atoms with van der Waals surface area (Å²) in [5, 5.41) is 2.89. The van der Waals surface area contributed by atoms with Gasteiger partial charge in [-0.1, -0.05) is 48.5 Å². The number of hydrogen-bond acceptors (Lipinski definition) is 3. The highest BCUT2D eigenvalue weighted by atomic mass is 16.2. The topological polar surface area (TPSA) is 52.7 Å². The lowest BCUT2D eigenvalue weighted by atomic mass is 10.1. The predicted molar refractivity (Wildman–Crippen MR) is 125 cm³/mol. The Hall–Kier alpha value is -3.86. The first-order valence-electron chi connectivity index (χ1n) is 10.4. The molecule has 1 fully saturated rings. The maximum absolute atomic E-state index is 12.6. The molecule has 1 aliphatic heterocycles. The summed E-state index contributed by atoms with van der Waals surface area (Å²) in [4.78, 5) is 28.9. The van der Waals surface area contributed by atoms with Crippen LogP contribution in [0.25, 0.3) is 6.08 Å². The van der Waals surface area contributed by atoms with E-state index in [1.165, 1.54) is 6.08 Å². The molecule has 1 aliphatic rings. The molecule has 3 aromatic rings. The standard InChI is InChI=1S/C26H25N3O2/c30-25(16-11-21-7-3-1-4-8-21)27-23-12-14-24(15-13-23)28-17-19-29(20-18-28)26(31)22-9-5-2-6-10-22/h1-16H,17-20H2,(H,27,30). The zero-order valence-corrected chi connectivity index (χ0v) is 17.3. The predicted octanol–water partition coefficient (Wildman–Crippen LogP) is 4.30. The van der Waals surface area contributed by atoms with Crippen LogP contribution in [0.1, 0.15) is 15.9 Å². The van der Waals surface area contributed by atoms with Crippen molar-refractivity contribution in [2.75, 3.05) is 36.4 Å². The summed E-state index contributed by atoms with van der Waals surface area (Å²) in [6.45, 7) is 2.95. The molecule has 0 bridgehead atoms. The fourth-order valence-electron chi connectivity index (χ4n) is 3.61. The molecular weight excluding hydrogens is 386 g/mol. The van der Waals surface area contributed by atoms with Crippen molar-refractivity contribution < 1.29 is 9.59 Å². The average Bonchev–Trinajstić information content (AvgIpc) is 2.84. The van der Waals surface area contributed by atoms with Gasteiger partial charge in [0.1, 0.15) is 0 Å². The van der Waals surface area contributed by atoms with Crippen LogP contribution in [0.2, 0.25) is 0 Å². The summed E-state index contributed by atoms with van der Waals surface area (Å²) >= 11 is 0. The highest BCUT2D eigenvalue weighted by molar-refractivity contribution is 6.02. The number of hydrogen-bond donors (Lipinski definition) is 1. The zero-order chi connectivity index (χ0) is 21.5. The third-order valence-corrected chi connectivity index (χ3v) is 5.31. The number of rotatable bonds is 5. The van der Waals surface area contributed by atoms with Gasteiger partial charge in [-0.05, 0) is 48.0 Å². The van der Waals surface area contributed by atoms with Gasteiger partial charge in [-0.15, -0.1) is 0 Å². The molecule has 0 saturated carbocycles. The molecule has 0 unspecified atom stereocenters. The summed E-state index contributed by atoms with van der Waals surface area (Å²) in [6, 6.07) is 27.0. The van der Waals surface area contributed by atoms with E-state index in [9.17, 15) is 9.59 Å². The fraction of sp³-hybridized carbons (Fsp3) is 0.154. The second kappa shape index (κ2) is 9.76. The highest BCUT2D eigenvalue weighted by Gasteiger charge is 2.22. The van der Waals surface area contributed by atoms with Crippen molar-refractivity contribution in [3.63, 3.8) is 0 Å². The SMILES string of the molecule is O=C(C=Cc1ccccc1)Nc1ccc(N2CCN(C(=O)c3ccccc3)CC2)cc1. The monoisotopic (exact) mass is 411 g/mol. The van der Waals surface area contributed by atoms with Crippen LogP contribution in [0.15, 0.2) is 91.0 Å². The molecular formula is C26H25N3O2. The van der Waals surface area contributed by atoms with Gasteiger partial charge in [0.05, 0.1) is 0 Å². The van der Waals surface area contributed by atoms with Gasteiger partial charge in [0, 0.05) is 49.2 Å². The first-order valence-corrected chi connectivity index (χ1v) is 10.4. The van der Waals surface area contributed by atoms with Gasteiger partial charge >= 0.3 is 0 Å². The van der Waals surface area contributed by atoms with E-state index in [4.69, 9.17) is 0 Å². The molecule has 1 heterocycles. The van der Waals surface area contributed by atoms with E-state index in [0.29, 0.717) is 13.1 Å². The minimum Gasteiger partial charge on any atom is -0.368 e. The normalized spacial score (nSPS) is 13.9. The maximum Gasteiger partial charge on any atom is 0.253 e. The van der Waals surface area contributed by atoms with Gasteiger partial charge in [0.2, 0.25) is 5.91 Å². The van der Waals surface area contributed by atoms with Crippen molar-refractivity contribution in [1.29, 1.82) is 0 Å². The molecule has 5 nitrogen and oxygen atoms in total. The second-order valence-electron chi connectivity index (χ2n) is 7.43. The number of benzene rings is 3. The first-order chi connectivity index (χ1) is 15.2. The Morgan fingerprint density at radius 1 is 0.742 bits per heavy atom. The van der Waals surface area contributed by atoms with E-state index < -0.39 is 0 Å². The lowest BCUT2D eigenvalue weighted by Gasteiger charge is -2.36. The zero-order valence-electron chi connectivity index (χ0n) is 17.3. The number of carbonyl (C=O) groups excluding carboxylic acids is 2. The highest BCUT2D eigenvalue weighted by Crippen LogP contribution is 2.20. The summed E-state index contributed by atoms with van der Waals surface area (Å²) in [5.74, 6) is -0.0773. The lowest BCUT2D eigenvalue weighted by Crippen LogP contribution is -2.48. The van der Waals surface area contributed by atoms with Crippen molar-refractivity contribution in [2.45, 2.75) is 0 Å². The van der Waals surface area contributed by atoms with E-state index in [2.05, 4.69) is 10.2 Å². The summed E-state index contributed by atoms with van der Waals surface area (Å²) in [6.07, 6.45) is 3.33. The molecule has 1 N–H and O–H groups in total. The Balaban J connectivity index is 1.29. The molecule has 0 aromatic heterocycles. The summed E-state index contributed by atoms with van der Waals surface area (Å²) in [7, 11) is 0. The fourth-order valence-corrected chi connectivity index (χ4v) is 3.61. The third kappa shape index (κ3) is 5.39. The van der Waals surface area contributed by atoms with Gasteiger partial charge in [0.25, 0.3) is 5.91 Å². The second-order valence-corrected chi connectivity index (χ2v) is 7.43. The van der Waals surface area contributed by atoms with Crippen molar-refractivity contribution in [3.05, 3.63) is 102 Å². The van der Waals surface area contributed by atoms with Crippen molar-refractivity contribution in [1.82, 2.24) is 4.90 Å². The quantitative estimate of drug-likeness (QED) is 0.637. The number of anilines is 2. The van der Waals surface area contributed by atoms with Gasteiger partial charge in [-0.2, -0.15) is 0 Å². The van der Waals surface area contributed by atoms with Crippen molar-refractivity contribution in [2.24, 2.45) is 0 Å². The van der Waals surface area contributed by atoms with E-state index in [-0.39, 0.29) is 11.8 Å². The molecule has 156 valence electrons. The summed E-state index contributed by atoms with van der Waals surface area (Å²) in [5.41, 5.74) is 3.56. The molecule has 0 spiro atoms. The van der Waals surface area contributed by atoms with E-state index >= 15 is 0 Å². The van der Waals surface area contributed by atoms with Gasteiger partial charge in [-0.3, -0.25) is 9.59 Å². The molecule has 1 saturated heterocycles. The van der Waals surface area contributed by atoms with E-state index in [1.807, 2.05) is 89.8 Å². The molecule has 0 radical (unpaired) electrons. The van der Waals surface area contributed by atoms with Crippen LogP contribution in [0.3, 0.4) is 0 Å². The van der Waals surface area contributed by atoms with Crippen LogP contribution < -0.4 is 10.2 Å². The third-order valence-electron chi connectivity index (χ3n) is 5.31. The number of carbonyl (C=O) groups is 2. The Morgan fingerprint density at radius 2 is 1.35 bits per heavy atom. The van der Waals surface area contributed by atoms with Crippen molar-refractivity contribution >= 4 is 29.3 Å². The Morgan fingerprint density at radius 3 is 2.00 bits per heavy atom. The molecule has 2 amide bonds. The average molecular weight is 412 g/mol. The number of amides is 2. The lowest BCUT2D eigenvalue weighted by molar-refractivity contribution is -0.111.